The van der Waals surface area contributed by atoms with Crippen LogP contribution in [-0.2, 0) is 25.7 Å². The molecule has 1 aliphatic heterocycles. The molecule has 0 saturated carbocycles. The molecule has 3 unspecified atom stereocenters. The second-order valence-electron chi connectivity index (χ2n) is 13.1. The first kappa shape index (κ1) is 36.5. The first-order valence-corrected chi connectivity index (χ1v) is 16.2. The topological polar surface area (TPSA) is 82.2 Å². The SMILES string of the molecule is CCOC(=O)CN(Cc1ccccc1)C(=O)/C(C)=C/[C@H](C(C)C)N(C)C(=O)C(NC(C)C1CCCCN1C(C)C)C(C)C. The number of carbonyl (C=O) groups is 3. The normalized spacial score (nSPS) is 18.4. The lowest BCUT2D eigenvalue weighted by Gasteiger charge is -2.43. The molecule has 1 aliphatic rings. The van der Waals surface area contributed by atoms with Crippen LogP contribution in [0.15, 0.2) is 42.0 Å². The maximum Gasteiger partial charge on any atom is 0.325 e. The number of likely N-dealkylation sites (tertiary alicyclic amines) is 1. The molecule has 8 nitrogen and oxygen atoms in total. The number of hydrogen-bond donors (Lipinski definition) is 1. The third-order valence-corrected chi connectivity index (χ3v) is 8.57. The lowest BCUT2D eigenvalue weighted by molar-refractivity contribution is -0.148. The predicted octanol–water partition coefficient (Wildman–Crippen LogP) is 5.27. The van der Waals surface area contributed by atoms with Gasteiger partial charge in [0.15, 0.2) is 0 Å². The molecule has 43 heavy (non-hydrogen) atoms. The van der Waals surface area contributed by atoms with Crippen LogP contribution in [0, 0.1) is 11.8 Å². The molecule has 0 aliphatic carbocycles. The molecule has 1 N–H and O–H groups in total. The molecule has 0 spiro atoms. The van der Waals surface area contributed by atoms with E-state index in [1.807, 2.05) is 43.5 Å². The Hall–Kier alpha value is -2.71. The highest BCUT2D eigenvalue weighted by Crippen LogP contribution is 2.24. The third-order valence-electron chi connectivity index (χ3n) is 8.57. The zero-order valence-electron chi connectivity index (χ0n) is 28.4. The Morgan fingerprint density at radius 2 is 1.67 bits per heavy atom. The van der Waals surface area contributed by atoms with E-state index in [0.29, 0.717) is 17.7 Å². The van der Waals surface area contributed by atoms with Crippen LogP contribution < -0.4 is 5.32 Å². The van der Waals surface area contributed by atoms with E-state index in [1.54, 1.807) is 18.7 Å². The Labute approximate surface area is 261 Å². The Bertz CT molecular complexity index is 1060. The summed E-state index contributed by atoms with van der Waals surface area (Å²) in [5.41, 5.74) is 1.42. The van der Waals surface area contributed by atoms with E-state index in [9.17, 15) is 14.4 Å². The average Bonchev–Trinajstić information content (AvgIpc) is 2.97. The van der Waals surface area contributed by atoms with Crippen molar-refractivity contribution >= 4 is 17.8 Å². The summed E-state index contributed by atoms with van der Waals surface area (Å²) in [6.45, 7) is 20.0. The summed E-state index contributed by atoms with van der Waals surface area (Å²) in [7, 11) is 1.84. The van der Waals surface area contributed by atoms with Gasteiger partial charge in [-0.2, -0.15) is 0 Å². The van der Waals surface area contributed by atoms with Crippen molar-refractivity contribution in [3.8, 4) is 0 Å². The summed E-state index contributed by atoms with van der Waals surface area (Å²) in [4.78, 5) is 46.1. The quantitative estimate of drug-likeness (QED) is 0.219. The summed E-state index contributed by atoms with van der Waals surface area (Å²) >= 11 is 0. The molecule has 2 rings (SSSR count). The van der Waals surface area contributed by atoms with Crippen LogP contribution in [0.4, 0.5) is 0 Å². The molecule has 0 bridgehead atoms. The van der Waals surface area contributed by atoms with E-state index >= 15 is 0 Å². The molecule has 1 aromatic carbocycles. The molecule has 1 fully saturated rings. The van der Waals surface area contributed by atoms with Gasteiger partial charge in [-0.3, -0.25) is 19.3 Å². The van der Waals surface area contributed by atoms with E-state index in [4.69, 9.17) is 4.74 Å². The second-order valence-corrected chi connectivity index (χ2v) is 13.1. The van der Waals surface area contributed by atoms with Gasteiger partial charge in [-0.15, -0.1) is 0 Å². The zero-order chi connectivity index (χ0) is 32.3. The Morgan fingerprint density at radius 1 is 1.02 bits per heavy atom. The lowest BCUT2D eigenvalue weighted by Crippen LogP contribution is -2.59. The predicted molar refractivity (Wildman–Crippen MR) is 174 cm³/mol. The van der Waals surface area contributed by atoms with Gasteiger partial charge in [-0.1, -0.05) is 70.5 Å². The fraction of sp³-hybridized carbons (Fsp3) is 0.686. The molecule has 8 heteroatoms. The number of benzene rings is 1. The minimum absolute atomic E-state index is 0.0246. The van der Waals surface area contributed by atoms with Crippen LogP contribution >= 0.6 is 0 Å². The van der Waals surface area contributed by atoms with Crippen molar-refractivity contribution in [3.05, 3.63) is 47.5 Å². The number of amides is 2. The summed E-state index contributed by atoms with van der Waals surface area (Å²) in [6.07, 6.45) is 5.45. The number of hydrogen-bond acceptors (Lipinski definition) is 6. The fourth-order valence-electron chi connectivity index (χ4n) is 6.16. The van der Waals surface area contributed by atoms with E-state index in [0.717, 1.165) is 18.5 Å². The largest absolute Gasteiger partial charge is 0.465 e. The minimum Gasteiger partial charge on any atom is -0.465 e. The van der Waals surface area contributed by atoms with Gasteiger partial charge in [-0.05, 0) is 71.4 Å². The molecule has 4 atom stereocenters. The molecule has 1 saturated heterocycles. The summed E-state index contributed by atoms with van der Waals surface area (Å²) in [5.74, 6) is -0.497. The van der Waals surface area contributed by atoms with Crippen LogP contribution in [0.1, 0.15) is 87.1 Å². The van der Waals surface area contributed by atoms with Crippen LogP contribution in [0.3, 0.4) is 0 Å². The summed E-state index contributed by atoms with van der Waals surface area (Å²) in [5, 5.41) is 3.72. The highest BCUT2D eigenvalue weighted by molar-refractivity contribution is 5.95. The van der Waals surface area contributed by atoms with Crippen LogP contribution in [0.2, 0.25) is 0 Å². The molecule has 1 heterocycles. The molecule has 0 radical (unpaired) electrons. The number of nitrogens with one attached hydrogen (secondary N) is 1. The third kappa shape index (κ3) is 10.8. The molecule has 0 aromatic heterocycles. The number of ether oxygens (including phenoxy) is 1. The average molecular weight is 599 g/mol. The number of esters is 1. The fourth-order valence-corrected chi connectivity index (χ4v) is 6.16. The Balaban J connectivity index is 2.27. The van der Waals surface area contributed by atoms with Gasteiger partial charge >= 0.3 is 5.97 Å². The lowest BCUT2D eigenvalue weighted by atomic mass is 9.92. The maximum atomic E-state index is 14.1. The number of nitrogens with zero attached hydrogens (tertiary/aromatic N) is 3. The summed E-state index contributed by atoms with van der Waals surface area (Å²) in [6, 6.07) is 9.99. The van der Waals surface area contributed by atoms with Gasteiger partial charge < -0.3 is 19.9 Å². The van der Waals surface area contributed by atoms with Crippen LogP contribution in [-0.4, -0.2) is 89.4 Å². The Kier molecular flexibility index (Phi) is 14.9. The molecular formula is C35H58N4O4. The zero-order valence-corrected chi connectivity index (χ0v) is 28.4. The van der Waals surface area contributed by atoms with E-state index in [-0.39, 0.29) is 61.5 Å². The molecular weight excluding hydrogens is 540 g/mol. The van der Waals surface area contributed by atoms with Crippen molar-refractivity contribution in [1.82, 2.24) is 20.0 Å². The van der Waals surface area contributed by atoms with Gasteiger partial charge in [0.1, 0.15) is 6.54 Å². The number of rotatable bonds is 15. The van der Waals surface area contributed by atoms with Crippen molar-refractivity contribution in [2.24, 2.45) is 11.8 Å². The minimum atomic E-state index is -0.443. The summed E-state index contributed by atoms with van der Waals surface area (Å²) < 4.78 is 5.16. The van der Waals surface area contributed by atoms with Gasteiger partial charge in [-0.25, -0.2) is 0 Å². The van der Waals surface area contributed by atoms with Crippen LogP contribution in [0.5, 0.6) is 0 Å². The van der Waals surface area contributed by atoms with Crippen LogP contribution in [0.25, 0.3) is 0 Å². The Morgan fingerprint density at radius 3 is 2.23 bits per heavy atom. The first-order valence-electron chi connectivity index (χ1n) is 16.2. The van der Waals surface area contributed by atoms with Gasteiger partial charge in [0.2, 0.25) is 11.8 Å². The maximum absolute atomic E-state index is 14.1. The number of likely N-dealkylation sites (N-methyl/N-ethyl adjacent to an activating group) is 1. The standard InChI is InChI=1S/C35H58N4O4/c1-11-43-32(40)23-38(22-29-17-13-12-14-18-29)34(41)27(8)21-31(24(2)3)37(10)35(42)33(25(4)5)36-28(9)30-19-15-16-20-39(30)26(6)7/h12-14,17-18,21,24-26,28,30-31,33,36H,11,15-16,19-20,22-23H2,1-10H3/b27-21+/t28?,30?,31-,33?/m1/s1. The molecule has 242 valence electrons. The van der Waals surface area contributed by atoms with E-state index in [1.165, 1.54) is 17.7 Å². The van der Waals surface area contributed by atoms with Crippen molar-refractivity contribution in [3.63, 3.8) is 0 Å². The monoisotopic (exact) mass is 598 g/mol. The van der Waals surface area contributed by atoms with E-state index in [2.05, 4.69) is 58.7 Å². The highest BCUT2D eigenvalue weighted by Gasteiger charge is 2.35. The van der Waals surface area contributed by atoms with Crippen molar-refractivity contribution < 1.29 is 19.1 Å². The van der Waals surface area contributed by atoms with Gasteiger partial charge in [0, 0.05) is 37.3 Å². The first-order chi connectivity index (χ1) is 20.3. The van der Waals surface area contributed by atoms with Gasteiger partial charge in [0.05, 0.1) is 18.7 Å². The molecule has 2 amide bonds. The van der Waals surface area contributed by atoms with Crippen molar-refractivity contribution in [2.75, 3.05) is 26.7 Å². The van der Waals surface area contributed by atoms with E-state index < -0.39 is 5.97 Å². The number of carbonyl (C=O) groups excluding carboxylic acids is 3. The second kappa shape index (κ2) is 17.6. The van der Waals surface area contributed by atoms with Gasteiger partial charge in [0.25, 0.3) is 0 Å². The van der Waals surface area contributed by atoms with Crippen molar-refractivity contribution in [1.29, 1.82) is 0 Å². The smallest absolute Gasteiger partial charge is 0.325 e. The molecule has 1 aromatic rings. The number of piperidine rings is 1. The van der Waals surface area contributed by atoms with Crippen molar-refractivity contribution in [2.45, 2.75) is 118 Å². The highest BCUT2D eigenvalue weighted by atomic mass is 16.5.